The molecule has 0 saturated heterocycles. The standard InChI is InChI=1S/C10H13BrClNO4S2/c1-5(2)8(10(14)17-3)13-19(15,16)7-4-6(12)9(11)18-7/h4-5,8,13H,1-3H3. The summed E-state index contributed by atoms with van der Waals surface area (Å²) in [4.78, 5) is 11.6. The summed E-state index contributed by atoms with van der Waals surface area (Å²) in [6.07, 6.45) is 0. The molecule has 0 spiro atoms. The summed E-state index contributed by atoms with van der Waals surface area (Å²) in [5, 5.41) is 0.310. The van der Waals surface area contributed by atoms with Gasteiger partial charge in [0.05, 0.1) is 15.9 Å². The van der Waals surface area contributed by atoms with Gasteiger partial charge < -0.3 is 4.74 Å². The van der Waals surface area contributed by atoms with E-state index in [2.05, 4.69) is 25.4 Å². The highest BCUT2D eigenvalue weighted by molar-refractivity contribution is 9.11. The zero-order valence-electron chi connectivity index (χ0n) is 10.4. The van der Waals surface area contributed by atoms with Crippen molar-refractivity contribution in [3.63, 3.8) is 0 Å². The third-order valence-corrected chi connectivity index (χ3v) is 6.68. The van der Waals surface area contributed by atoms with Crippen LogP contribution in [0.3, 0.4) is 0 Å². The van der Waals surface area contributed by atoms with Crippen molar-refractivity contribution < 1.29 is 17.9 Å². The molecule has 1 heterocycles. The van der Waals surface area contributed by atoms with E-state index in [0.717, 1.165) is 11.3 Å². The minimum atomic E-state index is -3.81. The summed E-state index contributed by atoms with van der Waals surface area (Å²) in [6.45, 7) is 3.45. The lowest BCUT2D eigenvalue weighted by Gasteiger charge is -2.19. The summed E-state index contributed by atoms with van der Waals surface area (Å²) in [5.74, 6) is -0.860. The molecular weight excluding hydrogens is 378 g/mol. The smallest absolute Gasteiger partial charge is 0.324 e. The quantitative estimate of drug-likeness (QED) is 0.785. The van der Waals surface area contributed by atoms with Crippen LogP contribution in [0.15, 0.2) is 14.1 Å². The number of esters is 1. The summed E-state index contributed by atoms with van der Waals surface area (Å²) in [7, 11) is -2.60. The maximum atomic E-state index is 12.1. The Morgan fingerprint density at radius 3 is 2.47 bits per heavy atom. The fourth-order valence-corrected chi connectivity index (χ4v) is 5.02. The minimum Gasteiger partial charge on any atom is -0.468 e. The van der Waals surface area contributed by atoms with Gasteiger partial charge in [0, 0.05) is 0 Å². The molecule has 0 aliphatic carbocycles. The lowest BCUT2D eigenvalue weighted by atomic mass is 10.1. The molecule has 19 heavy (non-hydrogen) atoms. The van der Waals surface area contributed by atoms with Gasteiger partial charge in [0.15, 0.2) is 0 Å². The zero-order chi connectivity index (χ0) is 14.8. The first-order valence-corrected chi connectivity index (χ1v) is 8.71. The molecule has 1 unspecified atom stereocenters. The maximum Gasteiger partial charge on any atom is 0.324 e. The van der Waals surface area contributed by atoms with Crippen molar-refractivity contribution in [3.05, 3.63) is 14.9 Å². The number of nitrogens with one attached hydrogen (secondary N) is 1. The van der Waals surface area contributed by atoms with Crippen LogP contribution in [0.4, 0.5) is 0 Å². The van der Waals surface area contributed by atoms with Gasteiger partial charge >= 0.3 is 5.97 Å². The minimum absolute atomic E-state index is 0.0407. The number of carbonyl (C=O) groups is 1. The van der Waals surface area contributed by atoms with Gasteiger partial charge in [-0.3, -0.25) is 4.79 Å². The zero-order valence-corrected chi connectivity index (χ0v) is 14.4. The Bertz CT molecular complexity index is 551. The second kappa shape index (κ2) is 6.53. The first-order chi connectivity index (χ1) is 8.69. The van der Waals surface area contributed by atoms with E-state index < -0.39 is 22.0 Å². The van der Waals surface area contributed by atoms with Crippen molar-refractivity contribution in [1.82, 2.24) is 4.72 Å². The Morgan fingerprint density at radius 2 is 2.11 bits per heavy atom. The third-order valence-electron chi connectivity index (χ3n) is 2.29. The Hall–Kier alpha value is -0.150. The van der Waals surface area contributed by atoms with Gasteiger partial charge in [0.1, 0.15) is 10.3 Å². The van der Waals surface area contributed by atoms with Gasteiger partial charge in [-0.15, -0.1) is 11.3 Å². The van der Waals surface area contributed by atoms with Crippen LogP contribution in [0.2, 0.25) is 5.02 Å². The van der Waals surface area contributed by atoms with Crippen LogP contribution in [0.5, 0.6) is 0 Å². The highest BCUT2D eigenvalue weighted by Crippen LogP contribution is 2.34. The second-order valence-corrected chi connectivity index (χ2v) is 8.77. The number of ether oxygens (including phenoxy) is 1. The molecule has 0 bridgehead atoms. The van der Waals surface area contributed by atoms with E-state index in [1.165, 1.54) is 13.2 Å². The Labute approximate surface area is 129 Å². The SMILES string of the molecule is COC(=O)C(NS(=O)(=O)c1cc(Cl)c(Br)s1)C(C)C. The van der Waals surface area contributed by atoms with E-state index in [-0.39, 0.29) is 10.1 Å². The summed E-state index contributed by atoms with van der Waals surface area (Å²) in [5.41, 5.74) is 0. The van der Waals surface area contributed by atoms with Crippen molar-refractivity contribution in [2.24, 2.45) is 5.92 Å². The highest BCUT2D eigenvalue weighted by Gasteiger charge is 2.30. The van der Waals surface area contributed by atoms with Crippen LogP contribution in [0.1, 0.15) is 13.8 Å². The molecule has 0 aromatic carbocycles. The van der Waals surface area contributed by atoms with Gasteiger partial charge in [0.25, 0.3) is 10.0 Å². The fraction of sp³-hybridized carbons (Fsp3) is 0.500. The van der Waals surface area contributed by atoms with E-state index in [4.69, 9.17) is 11.6 Å². The van der Waals surface area contributed by atoms with Gasteiger partial charge in [-0.05, 0) is 27.9 Å². The molecule has 0 aliphatic heterocycles. The first kappa shape index (κ1) is 16.9. The fourth-order valence-electron chi connectivity index (χ4n) is 1.27. The highest BCUT2D eigenvalue weighted by atomic mass is 79.9. The van der Waals surface area contributed by atoms with Crippen molar-refractivity contribution in [2.45, 2.75) is 24.1 Å². The molecule has 0 radical (unpaired) electrons. The average molecular weight is 391 g/mol. The molecule has 1 rings (SSSR count). The van der Waals surface area contributed by atoms with Gasteiger partial charge in [-0.25, -0.2) is 8.42 Å². The predicted octanol–water partition coefficient (Wildman–Crippen LogP) is 2.64. The normalized spacial score (nSPS) is 13.6. The maximum absolute atomic E-state index is 12.1. The molecule has 0 saturated carbocycles. The topological polar surface area (TPSA) is 72.5 Å². The summed E-state index contributed by atoms with van der Waals surface area (Å²) in [6, 6.07) is 0.391. The number of carbonyl (C=O) groups excluding carboxylic acids is 1. The molecule has 0 aliphatic rings. The van der Waals surface area contributed by atoms with Crippen LogP contribution in [0, 0.1) is 5.92 Å². The van der Waals surface area contributed by atoms with E-state index in [0.29, 0.717) is 8.81 Å². The van der Waals surface area contributed by atoms with E-state index >= 15 is 0 Å². The van der Waals surface area contributed by atoms with Crippen molar-refractivity contribution in [3.8, 4) is 0 Å². The first-order valence-electron chi connectivity index (χ1n) is 5.24. The van der Waals surface area contributed by atoms with Crippen molar-refractivity contribution in [1.29, 1.82) is 0 Å². The molecule has 108 valence electrons. The van der Waals surface area contributed by atoms with Crippen molar-refractivity contribution in [2.75, 3.05) is 7.11 Å². The average Bonchev–Trinajstić information content (AvgIpc) is 2.66. The largest absolute Gasteiger partial charge is 0.468 e. The molecule has 0 amide bonds. The lowest BCUT2D eigenvalue weighted by molar-refractivity contribution is -0.143. The van der Waals surface area contributed by atoms with Crippen LogP contribution < -0.4 is 4.72 Å². The predicted molar refractivity (Wildman–Crippen MR) is 78.0 cm³/mol. The molecule has 9 heteroatoms. The number of hydrogen-bond donors (Lipinski definition) is 1. The van der Waals surface area contributed by atoms with Crippen LogP contribution in [-0.4, -0.2) is 27.5 Å². The third kappa shape index (κ3) is 4.16. The Kier molecular flexibility index (Phi) is 5.81. The van der Waals surface area contributed by atoms with Gasteiger partial charge in [0.2, 0.25) is 0 Å². The molecule has 1 aromatic rings. The molecule has 1 N–H and O–H groups in total. The Morgan fingerprint density at radius 1 is 1.53 bits per heavy atom. The summed E-state index contributed by atoms with van der Waals surface area (Å²) < 4.78 is 31.8. The van der Waals surface area contributed by atoms with E-state index in [9.17, 15) is 13.2 Å². The number of methoxy groups -OCH3 is 1. The second-order valence-electron chi connectivity index (χ2n) is 4.05. The van der Waals surface area contributed by atoms with E-state index in [1.807, 2.05) is 0 Å². The number of rotatable bonds is 5. The monoisotopic (exact) mass is 389 g/mol. The molecule has 1 aromatic heterocycles. The Balaban J connectivity index is 3.04. The molecule has 1 atom stereocenters. The number of sulfonamides is 1. The molecule has 0 fully saturated rings. The number of hydrogen-bond acceptors (Lipinski definition) is 5. The molecule has 5 nitrogen and oxygen atoms in total. The van der Waals surface area contributed by atoms with Gasteiger partial charge in [-0.2, -0.15) is 4.72 Å². The lowest BCUT2D eigenvalue weighted by Crippen LogP contribution is -2.44. The summed E-state index contributed by atoms with van der Waals surface area (Å²) >= 11 is 9.93. The van der Waals surface area contributed by atoms with Crippen molar-refractivity contribution >= 4 is 54.9 Å². The van der Waals surface area contributed by atoms with Gasteiger partial charge in [-0.1, -0.05) is 25.4 Å². The number of halogens is 2. The van der Waals surface area contributed by atoms with E-state index in [1.54, 1.807) is 13.8 Å². The molecular formula is C10H13BrClNO4S2. The van der Waals surface area contributed by atoms with Crippen LogP contribution in [0.25, 0.3) is 0 Å². The van der Waals surface area contributed by atoms with Crippen LogP contribution in [-0.2, 0) is 19.6 Å². The number of thiophene rings is 1. The van der Waals surface area contributed by atoms with Crippen LogP contribution >= 0.6 is 38.9 Å².